The Morgan fingerprint density at radius 3 is 2.87 bits per heavy atom. The summed E-state index contributed by atoms with van der Waals surface area (Å²) in [4.78, 5) is 23.6. The van der Waals surface area contributed by atoms with E-state index >= 15 is 0 Å². The van der Waals surface area contributed by atoms with E-state index in [1.54, 1.807) is 12.3 Å². The summed E-state index contributed by atoms with van der Waals surface area (Å²) in [6, 6.07) is 5.07. The Hall–Kier alpha value is -2.96. The van der Waals surface area contributed by atoms with E-state index in [0.717, 1.165) is 30.8 Å². The van der Waals surface area contributed by atoms with Crippen molar-refractivity contribution < 1.29 is 18.3 Å². The zero-order valence-electron chi connectivity index (χ0n) is 17.4. The fourth-order valence-corrected chi connectivity index (χ4v) is 3.99. The number of fused-ring (bicyclic) bond motifs is 1. The quantitative estimate of drug-likeness (QED) is 0.545. The molecule has 1 aliphatic heterocycles. The van der Waals surface area contributed by atoms with Crippen molar-refractivity contribution in [2.45, 2.75) is 39.0 Å². The maximum absolute atomic E-state index is 14.6. The van der Waals surface area contributed by atoms with Crippen molar-refractivity contribution in [3.05, 3.63) is 42.2 Å². The molecule has 0 aliphatic carbocycles. The Kier molecular flexibility index (Phi) is 5.97. The smallest absolute Gasteiger partial charge is 0.308 e. The molecule has 3 aromatic rings. The lowest BCUT2D eigenvalue weighted by atomic mass is 9.96. The lowest BCUT2D eigenvalue weighted by molar-refractivity contribution is -0.146. The maximum Gasteiger partial charge on any atom is 0.308 e. The Bertz CT molecular complexity index is 1040. The molecule has 3 heterocycles. The van der Waals surface area contributed by atoms with Crippen LogP contribution in [-0.2, 0) is 16.0 Å². The molecule has 1 aliphatic rings. The summed E-state index contributed by atoms with van der Waals surface area (Å²) in [6.45, 7) is 3.49. The number of carbonyl (C=O) groups is 1. The van der Waals surface area contributed by atoms with Gasteiger partial charge in [0.15, 0.2) is 17.2 Å². The van der Waals surface area contributed by atoms with Gasteiger partial charge in [0.05, 0.1) is 25.0 Å². The molecule has 1 fully saturated rings. The minimum absolute atomic E-state index is 0.0920. The van der Waals surface area contributed by atoms with Crippen LogP contribution in [0, 0.1) is 11.7 Å². The molecule has 0 saturated carbocycles. The number of aryl methyl sites for hydroxylation is 1. The second kappa shape index (κ2) is 8.81. The number of unbranched alkanes of at least 4 members (excludes halogenated alkanes) is 1. The molecule has 0 bridgehead atoms. The van der Waals surface area contributed by atoms with E-state index in [1.807, 2.05) is 6.07 Å². The van der Waals surface area contributed by atoms with Crippen LogP contribution in [0.25, 0.3) is 22.2 Å². The average molecular weight is 411 g/mol. The molecule has 0 atom stereocenters. The minimum Gasteiger partial charge on any atom is -0.469 e. The number of carbonyl (C=O) groups excluding carboxylic acids is 1. The zero-order chi connectivity index (χ0) is 21.1. The highest BCUT2D eigenvalue weighted by molar-refractivity contribution is 5.85. The number of piperidine rings is 1. The first-order chi connectivity index (χ1) is 14.6. The topological polar surface area (TPSA) is 68.5 Å². The lowest BCUT2D eigenvalue weighted by Gasteiger charge is -2.32. The summed E-state index contributed by atoms with van der Waals surface area (Å²) in [5.74, 6) is 0.0738. The van der Waals surface area contributed by atoms with E-state index in [0.29, 0.717) is 42.6 Å². The molecule has 0 spiro atoms. The van der Waals surface area contributed by atoms with Crippen LogP contribution in [0.2, 0.25) is 0 Å². The molecule has 0 N–H and O–H groups in total. The van der Waals surface area contributed by atoms with Crippen LogP contribution in [0.3, 0.4) is 0 Å². The second-order valence-electron chi connectivity index (χ2n) is 7.72. The number of furan rings is 1. The van der Waals surface area contributed by atoms with Gasteiger partial charge in [-0.25, -0.2) is 9.37 Å². The van der Waals surface area contributed by atoms with Gasteiger partial charge in [0.2, 0.25) is 0 Å². The number of nitrogens with zero attached hydrogens (tertiary/aromatic N) is 3. The summed E-state index contributed by atoms with van der Waals surface area (Å²) in [5, 5.41) is 0.692. The van der Waals surface area contributed by atoms with Crippen molar-refractivity contribution in [2.24, 2.45) is 5.92 Å². The van der Waals surface area contributed by atoms with Crippen LogP contribution in [0.5, 0.6) is 0 Å². The lowest BCUT2D eigenvalue weighted by Crippen LogP contribution is -2.37. The predicted octanol–water partition coefficient (Wildman–Crippen LogP) is 4.76. The van der Waals surface area contributed by atoms with E-state index < -0.39 is 5.82 Å². The molecular formula is C23H26FN3O3. The SMILES string of the molecule is CCCCc1cnc(-c2cc(F)c3occc3c2)c(N2CCC(C(=O)OC)CC2)n1. The summed E-state index contributed by atoms with van der Waals surface area (Å²) >= 11 is 0. The Labute approximate surface area is 175 Å². The number of benzene rings is 1. The largest absolute Gasteiger partial charge is 0.469 e. The standard InChI is InChI=1S/C23H26FN3O3/c1-3-4-5-18-14-25-20(17-12-16-8-11-30-21(16)19(24)13-17)22(26-18)27-9-6-15(7-10-27)23(28)29-2/h8,11-15H,3-7,9-10H2,1-2H3. The first-order valence-electron chi connectivity index (χ1n) is 10.5. The normalized spacial score (nSPS) is 15.0. The summed E-state index contributed by atoms with van der Waals surface area (Å²) < 4.78 is 24.7. The number of hydrogen-bond acceptors (Lipinski definition) is 6. The highest BCUT2D eigenvalue weighted by Crippen LogP contribution is 2.34. The summed E-state index contributed by atoms with van der Waals surface area (Å²) in [5.41, 5.74) is 2.48. The van der Waals surface area contributed by atoms with E-state index in [4.69, 9.17) is 14.1 Å². The maximum atomic E-state index is 14.6. The van der Waals surface area contributed by atoms with Gasteiger partial charge in [0.1, 0.15) is 5.69 Å². The second-order valence-corrected chi connectivity index (χ2v) is 7.72. The van der Waals surface area contributed by atoms with Gasteiger partial charge in [-0.1, -0.05) is 13.3 Å². The van der Waals surface area contributed by atoms with E-state index in [9.17, 15) is 9.18 Å². The van der Waals surface area contributed by atoms with Crippen LogP contribution in [0.1, 0.15) is 38.3 Å². The number of esters is 1. The third kappa shape index (κ3) is 4.01. The highest BCUT2D eigenvalue weighted by Gasteiger charge is 2.28. The number of halogens is 1. The van der Waals surface area contributed by atoms with Crippen LogP contribution in [-0.4, -0.2) is 36.1 Å². The number of anilines is 1. The van der Waals surface area contributed by atoms with Gasteiger partial charge in [0.25, 0.3) is 0 Å². The third-order valence-electron chi connectivity index (χ3n) is 5.70. The molecule has 2 aromatic heterocycles. The van der Waals surface area contributed by atoms with Gasteiger partial charge in [-0.3, -0.25) is 9.78 Å². The van der Waals surface area contributed by atoms with E-state index in [1.165, 1.54) is 19.4 Å². The van der Waals surface area contributed by atoms with Crippen molar-refractivity contribution in [3.63, 3.8) is 0 Å². The molecule has 6 nitrogen and oxygen atoms in total. The fraction of sp³-hybridized carbons (Fsp3) is 0.435. The molecule has 30 heavy (non-hydrogen) atoms. The van der Waals surface area contributed by atoms with Crippen LogP contribution in [0.4, 0.5) is 10.2 Å². The van der Waals surface area contributed by atoms with Crippen LogP contribution >= 0.6 is 0 Å². The van der Waals surface area contributed by atoms with Crippen molar-refractivity contribution in [1.82, 2.24) is 9.97 Å². The van der Waals surface area contributed by atoms with E-state index in [2.05, 4.69) is 16.8 Å². The molecule has 0 amide bonds. The Morgan fingerprint density at radius 1 is 1.33 bits per heavy atom. The first-order valence-corrected chi connectivity index (χ1v) is 10.5. The number of aromatic nitrogens is 2. The van der Waals surface area contributed by atoms with Crippen LogP contribution in [0.15, 0.2) is 35.1 Å². The summed E-state index contributed by atoms with van der Waals surface area (Å²) in [6.07, 6.45) is 7.62. The van der Waals surface area contributed by atoms with Gasteiger partial charge in [-0.2, -0.15) is 0 Å². The number of rotatable bonds is 6. The first kappa shape index (κ1) is 20.3. The Morgan fingerprint density at radius 2 is 2.13 bits per heavy atom. The molecule has 7 heteroatoms. The fourth-order valence-electron chi connectivity index (χ4n) is 3.99. The number of ether oxygens (including phenoxy) is 1. The third-order valence-corrected chi connectivity index (χ3v) is 5.70. The van der Waals surface area contributed by atoms with Gasteiger partial charge in [0, 0.05) is 30.2 Å². The van der Waals surface area contributed by atoms with E-state index in [-0.39, 0.29) is 17.5 Å². The highest BCUT2D eigenvalue weighted by atomic mass is 19.1. The molecule has 4 rings (SSSR count). The molecule has 0 radical (unpaired) electrons. The van der Waals surface area contributed by atoms with Crippen LogP contribution < -0.4 is 4.90 Å². The van der Waals surface area contributed by atoms with Crippen molar-refractivity contribution in [2.75, 3.05) is 25.1 Å². The van der Waals surface area contributed by atoms with Gasteiger partial charge in [-0.15, -0.1) is 0 Å². The Balaban J connectivity index is 1.70. The molecular weight excluding hydrogens is 385 g/mol. The molecule has 1 aromatic carbocycles. The molecule has 0 unspecified atom stereocenters. The minimum atomic E-state index is -0.417. The number of hydrogen-bond donors (Lipinski definition) is 0. The molecule has 158 valence electrons. The monoisotopic (exact) mass is 411 g/mol. The number of methoxy groups -OCH3 is 1. The van der Waals surface area contributed by atoms with Crippen molar-refractivity contribution in [3.8, 4) is 11.3 Å². The van der Waals surface area contributed by atoms with Crippen molar-refractivity contribution in [1.29, 1.82) is 0 Å². The predicted molar refractivity (Wildman–Crippen MR) is 113 cm³/mol. The molecule has 1 saturated heterocycles. The van der Waals surface area contributed by atoms with Gasteiger partial charge < -0.3 is 14.1 Å². The average Bonchev–Trinajstić information content (AvgIpc) is 3.26. The zero-order valence-corrected chi connectivity index (χ0v) is 17.4. The summed E-state index contributed by atoms with van der Waals surface area (Å²) in [7, 11) is 1.43. The van der Waals surface area contributed by atoms with Gasteiger partial charge in [-0.05, 0) is 43.9 Å². The van der Waals surface area contributed by atoms with Crippen molar-refractivity contribution >= 4 is 22.8 Å². The van der Waals surface area contributed by atoms with Gasteiger partial charge >= 0.3 is 5.97 Å².